The Morgan fingerprint density at radius 1 is 1.09 bits per heavy atom. The molecule has 0 unspecified atom stereocenters. The van der Waals surface area contributed by atoms with E-state index in [1.165, 1.54) is 11.8 Å². The van der Waals surface area contributed by atoms with Crippen LogP contribution in [0.1, 0.15) is 11.1 Å². The second-order valence-corrected chi connectivity index (χ2v) is 6.93. The molecule has 2 aromatic carbocycles. The summed E-state index contributed by atoms with van der Waals surface area (Å²) in [5, 5.41) is 10.5. The summed E-state index contributed by atoms with van der Waals surface area (Å²) in [4.78, 5) is 0.220. The number of hydrogen-bond donors (Lipinski definition) is 3. The van der Waals surface area contributed by atoms with Gasteiger partial charge in [0.05, 0.1) is 16.6 Å². The Morgan fingerprint density at radius 3 is 2.86 bits per heavy atom. The smallest absolute Gasteiger partial charge is 0.262 e. The lowest BCUT2D eigenvalue weighted by Crippen LogP contribution is -2.13. The van der Waals surface area contributed by atoms with Crippen LogP contribution in [0.15, 0.2) is 47.5 Å². The van der Waals surface area contributed by atoms with E-state index in [9.17, 15) is 8.42 Å². The van der Waals surface area contributed by atoms with Gasteiger partial charge in [-0.1, -0.05) is 12.1 Å². The molecule has 3 aromatic rings. The third kappa shape index (κ3) is 2.15. The molecular weight excluding hydrogens is 300 g/mol. The number of aromatic amines is 1. The van der Waals surface area contributed by atoms with Crippen molar-refractivity contribution in [2.75, 3.05) is 4.72 Å². The molecule has 3 N–H and O–H groups in total. The SMILES string of the molecule is O=S(=O)(Nc1ccc2c(c1)CNC2)c1cccc2[nH]ncc12. The maximum absolute atomic E-state index is 12.6. The first kappa shape index (κ1) is 13.3. The fourth-order valence-electron chi connectivity index (χ4n) is 2.74. The number of sulfonamides is 1. The first-order chi connectivity index (χ1) is 10.6. The zero-order chi connectivity index (χ0) is 15.2. The van der Waals surface area contributed by atoms with Crippen molar-refractivity contribution in [3.63, 3.8) is 0 Å². The third-order valence-electron chi connectivity index (χ3n) is 3.82. The van der Waals surface area contributed by atoms with E-state index in [0.29, 0.717) is 16.6 Å². The maximum Gasteiger partial charge on any atom is 0.262 e. The average Bonchev–Trinajstić information content (AvgIpc) is 3.14. The normalized spacial score (nSPS) is 14.2. The predicted octanol–water partition coefficient (Wildman–Crippen LogP) is 1.97. The van der Waals surface area contributed by atoms with Gasteiger partial charge >= 0.3 is 0 Å². The zero-order valence-corrected chi connectivity index (χ0v) is 12.4. The Bertz CT molecular complexity index is 963. The summed E-state index contributed by atoms with van der Waals surface area (Å²) >= 11 is 0. The molecule has 0 saturated carbocycles. The molecule has 1 aliphatic heterocycles. The second-order valence-electron chi connectivity index (χ2n) is 5.28. The van der Waals surface area contributed by atoms with Crippen LogP contribution in [0.2, 0.25) is 0 Å². The van der Waals surface area contributed by atoms with Crippen LogP contribution in [-0.2, 0) is 23.1 Å². The average molecular weight is 314 g/mol. The van der Waals surface area contributed by atoms with Crippen molar-refractivity contribution in [1.82, 2.24) is 15.5 Å². The largest absolute Gasteiger partial charge is 0.309 e. The van der Waals surface area contributed by atoms with Gasteiger partial charge in [-0.05, 0) is 35.4 Å². The first-order valence-electron chi connectivity index (χ1n) is 6.91. The van der Waals surface area contributed by atoms with Gasteiger partial charge in [0.1, 0.15) is 0 Å². The fourth-order valence-corrected chi connectivity index (χ4v) is 4.00. The van der Waals surface area contributed by atoms with E-state index in [1.807, 2.05) is 12.1 Å². The Kier molecular flexibility index (Phi) is 2.91. The summed E-state index contributed by atoms with van der Waals surface area (Å²) in [5.41, 5.74) is 3.60. The van der Waals surface area contributed by atoms with Gasteiger partial charge in [0.15, 0.2) is 0 Å². The number of hydrogen-bond acceptors (Lipinski definition) is 4. The van der Waals surface area contributed by atoms with Crippen LogP contribution in [-0.4, -0.2) is 18.6 Å². The van der Waals surface area contributed by atoms with E-state index in [2.05, 4.69) is 20.2 Å². The number of fused-ring (bicyclic) bond motifs is 2. The van der Waals surface area contributed by atoms with Crippen molar-refractivity contribution in [2.24, 2.45) is 0 Å². The number of anilines is 1. The van der Waals surface area contributed by atoms with E-state index < -0.39 is 10.0 Å². The van der Waals surface area contributed by atoms with Crippen LogP contribution in [0, 0.1) is 0 Å². The number of aromatic nitrogens is 2. The molecule has 0 atom stereocenters. The molecule has 0 aliphatic carbocycles. The van der Waals surface area contributed by atoms with Crippen LogP contribution in [0.25, 0.3) is 10.9 Å². The summed E-state index contributed by atoms with van der Waals surface area (Å²) in [6, 6.07) is 10.7. The predicted molar refractivity (Wildman–Crippen MR) is 83.9 cm³/mol. The van der Waals surface area contributed by atoms with Crippen molar-refractivity contribution >= 4 is 26.6 Å². The zero-order valence-electron chi connectivity index (χ0n) is 11.6. The highest BCUT2D eigenvalue weighted by Gasteiger charge is 2.19. The first-order valence-corrected chi connectivity index (χ1v) is 8.39. The highest BCUT2D eigenvalue weighted by Crippen LogP contribution is 2.25. The summed E-state index contributed by atoms with van der Waals surface area (Å²) < 4.78 is 27.9. The molecule has 0 radical (unpaired) electrons. The minimum absolute atomic E-state index is 0.220. The highest BCUT2D eigenvalue weighted by atomic mass is 32.2. The molecule has 4 rings (SSSR count). The number of H-pyrrole nitrogens is 1. The van der Waals surface area contributed by atoms with Gasteiger partial charge < -0.3 is 5.32 Å². The monoisotopic (exact) mass is 314 g/mol. The summed E-state index contributed by atoms with van der Waals surface area (Å²) in [5.74, 6) is 0. The molecular formula is C15H14N4O2S. The lowest BCUT2D eigenvalue weighted by atomic mass is 10.1. The van der Waals surface area contributed by atoms with Gasteiger partial charge in [-0.25, -0.2) is 8.42 Å². The number of benzene rings is 2. The molecule has 1 aliphatic rings. The Labute approximate surface area is 127 Å². The van der Waals surface area contributed by atoms with Crippen molar-refractivity contribution in [1.29, 1.82) is 0 Å². The van der Waals surface area contributed by atoms with Gasteiger partial charge in [0.25, 0.3) is 10.0 Å². The fraction of sp³-hybridized carbons (Fsp3) is 0.133. The summed E-state index contributed by atoms with van der Waals surface area (Å²) in [6.45, 7) is 1.60. The van der Waals surface area contributed by atoms with Gasteiger partial charge in [-0.2, -0.15) is 5.10 Å². The van der Waals surface area contributed by atoms with E-state index in [1.54, 1.807) is 24.3 Å². The van der Waals surface area contributed by atoms with Crippen LogP contribution < -0.4 is 10.0 Å². The van der Waals surface area contributed by atoms with E-state index in [0.717, 1.165) is 18.7 Å². The van der Waals surface area contributed by atoms with Crippen molar-refractivity contribution in [3.8, 4) is 0 Å². The minimum Gasteiger partial charge on any atom is -0.309 e. The van der Waals surface area contributed by atoms with Gasteiger partial charge in [-0.3, -0.25) is 9.82 Å². The Morgan fingerprint density at radius 2 is 1.95 bits per heavy atom. The molecule has 6 nitrogen and oxygen atoms in total. The molecule has 22 heavy (non-hydrogen) atoms. The molecule has 0 fully saturated rings. The lowest BCUT2D eigenvalue weighted by Gasteiger charge is -2.10. The second kappa shape index (κ2) is 4.82. The van der Waals surface area contributed by atoms with Crippen LogP contribution >= 0.6 is 0 Å². The molecule has 112 valence electrons. The number of nitrogens with one attached hydrogen (secondary N) is 3. The highest BCUT2D eigenvalue weighted by molar-refractivity contribution is 7.93. The Balaban J connectivity index is 1.74. The van der Waals surface area contributed by atoms with Crippen LogP contribution in [0.4, 0.5) is 5.69 Å². The molecule has 1 aromatic heterocycles. The van der Waals surface area contributed by atoms with Gasteiger partial charge in [-0.15, -0.1) is 0 Å². The standard InChI is InChI=1S/C15H14N4O2S/c20-22(21,15-3-1-2-14-13(15)9-17-18-14)19-12-5-4-10-7-16-8-11(10)6-12/h1-6,9,16,19H,7-8H2,(H,17,18). The third-order valence-corrected chi connectivity index (χ3v) is 5.26. The summed E-state index contributed by atoms with van der Waals surface area (Å²) in [6.07, 6.45) is 1.52. The molecule has 7 heteroatoms. The number of nitrogens with zero attached hydrogens (tertiary/aromatic N) is 1. The van der Waals surface area contributed by atoms with Crippen molar-refractivity contribution in [2.45, 2.75) is 18.0 Å². The van der Waals surface area contributed by atoms with Crippen molar-refractivity contribution < 1.29 is 8.42 Å². The minimum atomic E-state index is -3.66. The van der Waals surface area contributed by atoms with Crippen molar-refractivity contribution in [3.05, 3.63) is 53.7 Å². The quantitative estimate of drug-likeness (QED) is 0.690. The Hall–Kier alpha value is -2.38. The van der Waals surface area contributed by atoms with Gasteiger partial charge in [0.2, 0.25) is 0 Å². The van der Waals surface area contributed by atoms with Crippen LogP contribution in [0.5, 0.6) is 0 Å². The molecule has 0 amide bonds. The topological polar surface area (TPSA) is 86.9 Å². The van der Waals surface area contributed by atoms with E-state index in [4.69, 9.17) is 0 Å². The summed E-state index contributed by atoms with van der Waals surface area (Å²) in [7, 11) is -3.66. The molecule has 0 spiro atoms. The molecule has 2 heterocycles. The number of rotatable bonds is 3. The molecule has 0 bridgehead atoms. The van der Waals surface area contributed by atoms with E-state index >= 15 is 0 Å². The van der Waals surface area contributed by atoms with Gasteiger partial charge in [0, 0.05) is 24.2 Å². The maximum atomic E-state index is 12.6. The lowest BCUT2D eigenvalue weighted by molar-refractivity contribution is 0.602. The van der Waals surface area contributed by atoms with E-state index in [-0.39, 0.29) is 4.90 Å². The molecule has 0 saturated heterocycles. The van der Waals surface area contributed by atoms with Crippen LogP contribution in [0.3, 0.4) is 0 Å².